The Morgan fingerprint density at radius 3 is 2.69 bits per heavy atom. The zero-order valence-electron chi connectivity index (χ0n) is 9.10. The largest absolute Gasteiger partial charge is 0.298 e. The Hall–Kier alpha value is -0.370. The number of unbranched alkanes of at least 4 members (excludes halogenated alkanes) is 1. The monoisotopic (exact) mass is 183 g/mol. The number of hydrogen-bond acceptors (Lipinski definition) is 2. The van der Waals surface area contributed by atoms with Crippen LogP contribution >= 0.6 is 0 Å². The summed E-state index contributed by atoms with van der Waals surface area (Å²) in [5.41, 5.74) is -0.0668. The first-order valence-corrected chi connectivity index (χ1v) is 5.32. The third kappa shape index (κ3) is 2.80. The molecule has 0 aromatic heterocycles. The van der Waals surface area contributed by atoms with Crippen LogP contribution in [-0.4, -0.2) is 30.3 Å². The maximum Gasteiger partial charge on any atom is 0.152 e. The molecule has 0 aromatic rings. The van der Waals surface area contributed by atoms with Crippen LogP contribution in [0.1, 0.15) is 40.0 Å². The lowest BCUT2D eigenvalue weighted by molar-refractivity contribution is -0.131. The van der Waals surface area contributed by atoms with Gasteiger partial charge in [-0.3, -0.25) is 9.69 Å². The zero-order valence-corrected chi connectivity index (χ0v) is 9.10. The van der Waals surface area contributed by atoms with Gasteiger partial charge in [0.1, 0.15) is 0 Å². The molecule has 0 amide bonds. The molecule has 2 heteroatoms. The molecule has 0 atom stereocenters. The van der Waals surface area contributed by atoms with E-state index in [1.54, 1.807) is 0 Å². The Bertz CT molecular complexity index is 187. The third-order valence-corrected chi connectivity index (χ3v) is 3.00. The van der Waals surface area contributed by atoms with Gasteiger partial charge in [-0.15, -0.1) is 0 Å². The van der Waals surface area contributed by atoms with Crippen LogP contribution in [0.4, 0.5) is 0 Å². The summed E-state index contributed by atoms with van der Waals surface area (Å²) in [5.74, 6) is 0.412. The molecule has 2 nitrogen and oxygen atoms in total. The molecule has 1 heterocycles. The number of carbonyl (C=O) groups excluding carboxylic acids is 1. The standard InChI is InChI=1S/C11H21NO/c1-4-5-7-12-8-6-11(2,3)10(13)9-12/h4-9H2,1-3H3. The summed E-state index contributed by atoms with van der Waals surface area (Å²) >= 11 is 0. The lowest BCUT2D eigenvalue weighted by atomic mass is 9.81. The minimum atomic E-state index is -0.0668. The van der Waals surface area contributed by atoms with Crippen LogP contribution in [0.5, 0.6) is 0 Å². The second-order valence-electron chi connectivity index (χ2n) is 4.69. The Balaban J connectivity index is 2.37. The molecule has 0 radical (unpaired) electrons. The number of hydrogen-bond donors (Lipinski definition) is 0. The van der Waals surface area contributed by atoms with Crippen molar-refractivity contribution in [2.75, 3.05) is 19.6 Å². The Morgan fingerprint density at radius 1 is 1.46 bits per heavy atom. The van der Waals surface area contributed by atoms with Gasteiger partial charge in [-0.25, -0.2) is 0 Å². The summed E-state index contributed by atoms with van der Waals surface area (Å²) in [4.78, 5) is 13.9. The van der Waals surface area contributed by atoms with E-state index in [1.807, 2.05) is 0 Å². The molecule has 1 aliphatic heterocycles. The van der Waals surface area contributed by atoms with E-state index in [0.29, 0.717) is 12.3 Å². The fraction of sp³-hybridized carbons (Fsp3) is 0.909. The summed E-state index contributed by atoms with van der Waals surface area (Å²) < 4.78 is 0. The summed E-state index contributed by atoms with van der Waals surface area (Å²) in [6.07, 6.45) is 3.46. The quantitative estimate of drug-likeness (QED) is 0.667. The van der Waals surface area contributed by atoms with Crippen molar-refractivity contribution >= 4 is 5.78 Å². The normalized spacial score (nSPS) is 23.5. The topological polar surface area (TPSA) is 20.3 Å². The van der Waals surface area contributed by atoms with Crippen molar-refractivity contribution in [3.05, 3.63) is 0 Å². The fourth-order valence-corrected chi connectivity index (χ4v) is 1.65. The van der Waals surface area contributed by atoms with Crippen LogP contribution in [0, 0.1) is 5.41 Å². The van der Waals surface area contributed by atoms with Crippen molar-refractivity contribution in [3.63, 3.8) is 0 Å². The van der Waals surface area contributed by atoms with Crippen molar-refractivity contribution < 1.29 is 4.79 Å². The van der Waals surface area contributed by atoms with Gasteiger partial charge in [0.2, 0.25) is 0 Å². The zero-order chi connectivity index (χ0) is 9.90. The average Bonchev–Trinajstić information content (AvgIpc) is 2.07. The van der Waals surface area contributed by atoms with Gasteiger partial charge in [0.25, 0.3) is 0 Å². The van der Waals surface area contributed by atoms with E-state index in [4.69, 9.17) is 0 Å². The molecular weight excluding hydrogens is 162 g/mol. The van der Waals surface area contributed by atoms with E-state index < -0.39 is 0 Å². The van der Waals surface area contributed by atoms with Crippen molar-refractivity contribution in [3.8, 4) is 0 Å². The predicted octanol–water partition coefficient (Wildman–Crippen LogP) is 2.09. The van der Waals surface area contributed by atoms with Gasteiger partial charge in [0.15, 0.2) is 5.78 Å². The summed E-state index contributed by atoms with van der Waals surface area (Å²) in [7, 11) is 0. The van der Waals surface area contributed by atoms with E-state index in [0.717, 1.165) is 19.5 Å². The minimum Gasteiger partial charge on any atom is -0.298 e. The second kappa shape index (κ2) is 4.23. The van der Waals surface area contributed by atoms with E-state index in [9.17, 15) is 4.79 Å². The van der Waals surface area contributed by atoms with E-state index in [-0.39, 0.29) is 5.41 Å². The highest BCUT2D eigenvalue weighted by atomic mass is 16.1. The molecule has 1 fully saturated rings. The Labute approximate surface area is 81.3 Å². The van der Waals surface area contributed by atoms with Crippen LogP contribution < -0.4 is 0 Å². The van der Waals surface area contributed by atoms with E-state index in [1.165, 1.54) is 12.8 Å². The highest BCUT2D eigenvalue weighted by Crippen LogP contribution is 2.26. The van der Waals surface area contributed by atoms with E-state index >= 15 is 0 Å². The lowest BCUT2D eigenvalue weighted by Gasteiger charge is -2.35. The average molecular weight is 183 g/mol. The second-order valence-corrected chi connectivity index (χ2v) is 4.69. The van der Waals surface area contributed by atoms with Crippen LogP contribution in [0.25, 0.3) is 0 Å². The van der Waals surface area contributed by atoms with Gasteiger partial charge in [0, 0.05) is 5.41 Å². The number of ketones is 1. The predicted molar refractivity (Wildman–Crippen MR) is 54.8 cm³/mol. The minimum absolute atomic E-state index is 0.0668. The van der Waals surface area contributed by atoms with Crippen LogP contribution in [-0.2, 0) is 4.79 Å². The van der Waals surface area contributed by atoms with Gasteiger partial charge in [-0.2, -0.15) is 0 Å². The van der Waals surface area contributed by atoms with Crippen molar-refractivity contribution in [2.45, 2.75) is 40.0 Å². The Morgan fingerprint density at radius 2 is 2.15 bits per heavy atom. The van der Waals surface area contributed by atoms with Crippen LogP contribution in [0.2, 0.25) is 0 Å². The first-order valence-electron chi connectivity index (χ1n) is 5.32. The van der Waals surface area contributed by atoms with Gasteiger partial charge < -0.3 is 0 Å². The third-order valence-electron chi connectivity index (χ3n) is 3.00. The van der Waals surface area contributed by atoms with Gasteiger partial charge in [-0.1, -0.05) is 27.2 Å². The molecule has 0 N–H and O–H groups in total. The summed E-state index contributed by atoms with van der Waals surface area (Å²) in [6, 6.07) is 0. The number of piperidine rings is 1. The SMILES string of the molecule is CCCCN1CCC(C)(C)C(=O)C1. The maximum atomic E-state index is 11.6. The van der Waals surface area contributed by atoms with E-state index in [2.05, 4.69) is 25.7 Å². The number of likely N-dealkylation sites (tertiary alicyclic amines) is 1. The molecule has 0 aromatic carbocycles. The molecule has 0 bridgehead atoms. The lowest BCUT2D eigenvalue weighted by Crippen LogP contribution is -2.45. The highest BCUT2D eigenvalue weighted by Gasteiger charge is 2.33. The molecule has 13 heavy (non-hydrogen) atoms. The van der Waals surface area contributed by atoms with Crippen molar-refractivity contribution in [2.24, 2.45) is 5.41 Å². The molecule has 0 unspecified atom stereocenters. The van der Waals surface area contributed by atoms with Gasteiger partial charge >= 0.3 is 0 Å². The van der Waals surface area contributed by atoms with Crippen molar-refractivity contribution in [1.29, 1.82) is 0 Å². The molecular formula is C11H21NO. The molecule has 0 aliphatic carbocycles. The van der Waals surface area contributed by atoms with Crippen LogP contribution in [0.3, 0.4) is 0 Å². The van der Waals surface area contributed by atoms with Crippen molar-refractivity contribution in [1.82, 2.24) is 4.90 Å². The number of carbonyl (C=O) groups is 1. The van der Waals surface area contributed by atoms with Gasteiger partial charge in [-0.05, 0) is 25.9 Å². The van der Waals surface area contributed by atoms with Gasteiger partial charge in [0.05, 0.1) is 6.54 Å². The highest BCUT2D eigenvalue weighted by molar-refractivity contribution is 5.86. The Kier molecular flexibility index (Phi) is 3.48. The molecule has 0 saturated carbocycles. The molecule has 1 aliphatic rings. The molecule has 1 rings (SSSR count). The smallest absolute Gasteiger partial charge is 0.152 e. The number of nitrogens with zero attached hydrogens (tertiary/aromatic N) is 1. The first kappa shape index (κ1) is 10.7. The molecule has 0 spiro atoms. The molecule has 76 valence electrons. The maximum absolute atomic E-state index is 11.6. The number of Topliss-reactive ketones (excluding diaryl/α,β-unsaturated/α-hetero) is 1. The first-order chi connectivity index (χ1) is 6.06. The summed E-state index contributed by atoms with van der Waals surface area (Å²) in [5, 5.41) is 0. The number of rotatable bonds is 3. The summed E-state index contributed by atoms with van der Waals surface area (Å²) in [6.45, 7) is 9.18. The van der Waals surface area contributed by atoms with Crippen LogP contribution in [0.15, 0.2) is 0 Å². The molecule has 1 saturated heterocycles. The fourth-order valence-electron chi connectivity index (χ4n) is 1.65.